The van der Waals surface area contributed by atoms with E-state index in [1.54, 1.807) is 24.3 Å². The van der Waals surface area contributed by atoms with Gasteiger partial charge in [-0.2, -0.15) is 0 Å². The van der Waals surface area contributed by atoms with Crippen LogP contribution in [0.4, 0.5) is 0 Å². The van der Waals surface area contributed by atoms with E-state index >= 15 is 0 Å². The molecule has 0 aliphatic rings. The molecule has 1 aromatic carbocycles. The summed E-state index contributed by atoms with van der Waals surface area (Å²) in [6.45, 7) is 5.03. The second-order valence-corrected chi connectivity index (χ2v) is 3.32. The molecule has 1 N–H and O–H groups in total. The van der Waals surface area contributed by atoms with Crippen LogP contribution in [0.3, 0.4) is 0 Å². The topological polar surface area (TPSA) is 29.5 Å². The van der Waals surface area contributed by atoms with Gasteiger partial charge in [-0.15, -0.1) is 0 Å². The van der Waals surface area contributed by atoms with Crippen LogP contribution in [0.5, 0.6) is 11.5 Å². The Hall–Kier alpha value is -1.18. The summed E-state index contributed by atoms with van der Waals surface area (Å²) in [6.07, 6.45) is 1.12. The summed E-state index contributed by atoms with van der Waals surface area (Å²) in [6, 6.07) is 6.81. The van der Waals surface area contributed by atoms with E-state index in [9.17, 15) is 0 Å². The third-order valence-electron chi connectivity index (χ3n) is 2.07. The predicted molar refractivity (Wildman–Crippen MR) is 53.1 cm³/mol. The first-order valence-corrected chi connectivity index (χ1v) is 4.64. The van der Waals surface area contributed by atoms with Crippen molar-refractivity contribution < 1.29 is 9.84 Å². The number of phenolic OH excluding ortho intramolecular Hbond substituents is 1. The SMILES string of the molecule is CC[C@@H](C)COc1ccc(O)cc1. The highest BCUT2D eigenvalue weighted by Crippen LogP contribution is 2.16. The highest BCUT2D eigenvalue weighted by molar-refractivity contribution is 5.29. The van der Waals surface area contributed by atoms with E-state index in [0.29, 0.717) is 5.92 Å². The summed E-state index contributed by atoms with van der Waals surface area (Å²) in [5.74, 6) is 1.67. The van der Waals surface area contributed by atoms with Gasteiger partial charge in [0.25, 0.3) is 0 Å². The predicted octanol–water partition coefficient (Wildman–Crippen LogP) is 2.82. The fourth-order valence-corrected chi connectivity index (χ4v) is 0.899. The van der Waals surface area contributed by atoms with Crippen molar-refractivity contribution in [1.82, 2.24) is 0 Å². The van der Waals surface area contributed by atoms with Crippen LogP contribution in [0.1, 0.15) is 20.3 Å². The van der Waals surface area contributed by atoms with Crippen LogP contribution < -0.4 is 4.74 Å². The number of phenols is 1. The van der Waals surface area contributed by atoms with Gasteiger partial charge in [-0.05, 0) is 30.2 Å². The summed E-state index contributed by atoms with van der Waals surface area (Å²) in [5, 5.41) is 9.02. The minimum atomic E-state index is 0.274. The minimum absolute atomic E-state index is 0.274. The molecule has 0 aliphatic heterocycles. The Balaban J connectivity index is 2.41. The molecular formula is C11H16O2. The Kier molecular flexibility index (Phi) is 3.62. The van der Waals surface area contributed by atoms with Crippen molar-refractivity contribution >= 4 is 0 Å². The summed E-state index contributed by atoms with van der Waals surface area (Å²) >= 11 is 0. The van der Waals surface area contributed by atoms with Crippen LogP contribution >= 0.6 is 0 Å². The molecule has 1 rings (SSSR count). The molecule has 2 heteroatoms. The monoisotopic (exact) mass is 180 g/mol. The van der Waals surface area contributed by atoms with E-state index in [2.05, 4.69) is 13.8 Å². The van der Waals surface area contributed by atoms with E-state index in [0.717, 1.165) is 18.8 Å². The van der Waals surface area contributed by atoms with E-state index in [4.69, 9.17) is 9.84 Å². The number of benzene rings is 1. The Morgan fingerprint density at radius 1 is 1.31 bits per heavy atom. The third-order valence-corrected chi connectivity index (χ3v) is 2.07. The van der Waals surface area contributed by atoms with Crippen molar-refractivity contribution in [2.24, 2.45) is 5.92 Å². The third kappa shape index (κ3) is 3.36. The summed E-state index contributed by atoms with van der Waals surface area (Å²) in [4.78, 5) is 0. The molecule has 13 heavy (non-hydrogen) atoms. The first-order valence-electron chi connectivity index (χ1n) is 4.64. The van der Waals surface area contributed by atoms with E-state index in [1.807, 2.05) is 0 Å². The normalized spacial score (nSPS) is 12.5. The van der Waals surface area contributed by atoms with Gasteiger partial charge in [-0.1, -0.05) is 20.3 Å². The molecule has 0 spiro atoms. The van der Waals surface area contributed by atoms with Gasteiger partial charge >= 0.3 is 0 Å². The second-order valence-electron chi connectivity index (χ2n) is 3.32. The Morgan fingerprint density at radius 3 is 2.46 bits per heavy atom. The maximum absolute atomic E-state index is 9.02. The fourth-order valence-electron chi connectivity index (χ4n) is 0.899. The maximum Gasteiger partial charge on any atom is 0.119 e. The van der Waals surface area contributed by atoms with Crippen molar-refractivity contribution in [3.63, 3.8) is 0 Å². The molecule has 0 amide bonds. The smallest absolute Gasteiger partial charge is 0.119 e. The van der Waals surface area contributed by atoms with Gasteiger partial charge in [0.15, 0.2) is 0 Å². The lowest BCUT2D eigenvalue weighted by atomic mass is 10.1. The molecule has 0 heterocycles. The summed E-state index contributed by atoms with van der Waals surface area (Å²) in [7, 11) is 0. The van der Waals surface area contributed by atoms with E-state index in [1.165, 1.54) is 0 Å². The minimum Gasteiger partial charge on any atom is -0.508 e. The van der Waals surface area contributed by atoms with Gasteiger partial charge < -0.3 is 9.84 Å². The van der Waals surface area contributed by atoms with Gasteiger partial charge in [-0.25, -0.2) is 0 Å². The first kappa shape index (κ1) is 9.90. The van der Waals surface area contributed by atoms with Gasteiger partial charge in [0.05, 0.1) is 6.61 Å². The van der Waals surface area contributed by atoms with Gasteiger partial charge in [0, 0.05) is 0 Å². The molecular weight excluding hydrogens is 164 g/mol. The fraction of sp³-hybridized carbons (Fsp3) is 0.455. The van der Waals surface area contributed by atoms with Gasteiger partial charge in [0.2, 0.25) is 0 Å². The molecule has 0 saturated carbocycles. The van der Waals surface area contributed by atoms with Gasteiger partial charge in [-0.3, -0.25) is 0 Å². The van der Waals surface area contributed by atoms with Crippen LogP contribution in [0.15, 0.2) is 24.3 Å². The van der Waals surface area contributed by atoms with Crippen molar-refractivity contribution in [1.29, 1.82) is 0 Å². The average molecular weight is 180 g/mol. The number of aromatic hydroxyl groups is 1. The average Bonchev–Trinajstić information content (AvgIpc) is 2.16. The second kappa shape index (κ2) is 4.75. The molecule has 0 radical (unpaired) electrons. The summed E-state index contributed by atoms with van der Waals surface area (Å²) in [5.41, 5.74) is 0. The molecule has 0 bridgehead atoms. The maximum atomic E-state index is 9.02. The highest BCUT2D eigenvalue weighted by atomic mass is 16.5. The Labute approximate surface area is 79.2 Å². The molecule has 2 nitrogen and oxygen atoms in total. The van der Waals surface area contributed by atoms with Crippen LogP contribution in [0.25, 0.3) is 0 Å². The largest absolute Gasteiger partial charge is 0.508 e. The quantitative estimate of drug-likeness (QED) is 0.772. The first-order chi connectivity index (χ1) is 6.22. The van der Waals surface area contributed by atoms with E-state index in [-0.39, 0.29) is 5.75 Å². The molecule has 0 fully saturated rings. The molecule has 72 valence electrons. The standard InChI is InChI=1S/C11H16O2/c1-3-9(2)8-13-11-6-4-10(12)5-7-11/h4-7,9,12H,3,8H2,1-2H3/t9-/m1/s1. The van der Waals surface area contributed by atoms with Crippen molar-refractivity contribution in [3.05, 3.63) is 24.3 Å². The van der Waals surface area contributed by atoms with Gasteiger partial charge in [0.1, 0.15) is 11.5 Å². The van der Waals surface area contributed by atoms with Crippen LogP contribution in [-0.2, 0) is 0 Å². The molecule has 1 atom stereocenters. The lowest BCUT2D eigenvalue weighted by Crippen LogP contribution is -2.06. The van der Waals surface area contributed by atoms with E-state index < -0.39 is 0 Å². The molecule has 0 aromatic heterocycles. The van der Waals surface area contributed by atoms with Crippen molar-refractivity contribution in [2.45, 2.75) is 20.3 Å². The van der Waals surface area contributed by atoms with Crippen LogP contribution in [0.2, 0.25) is 0 Å². The highest BCUT2D eigenvalue weighted by Gasteiger charge is 1.99. The zero-order chi connectivity index (χ0) is 9.68. The van der Waals surface area contributed by atoms with Crippen LogP contribution in [0, 0.1) is 5.92 Å². The molecule has 0 unspecified atom stereocenters. The molecule has 0 saturated heterocycles. The number of ether oxygens (including phenoxy) is 1. The number of rotatable bonds is 4. The molecule has 1 aromatic rings. The Morgan fingerprint density at radius 2 is 1.92 bits per heavy atom. The molecule has 0 aliphatic carbocycles. The zero-order valence-corrected chi connectivity index (χ0v) is 8.16. The lowest BCUT2D eigenvalue weighted by Gasteiger charge is -2.10. The summed E-state index contributed by atoms with van der Waals surface area (Å²) < 4.78 is 5.50. The zero-order valence-electron chi connectivity index (χ0n) is 8.16. The number of hydrogen-bond acceptors (Lipinski definition) is 2. The van der Waals surface area contributed by atoms with Crippen molar-refractivity contribution in [3.8, 4) is 11.5 Å². The Bertz CT molecular complexity index is 241. The van der Waals surface area contributed by atoms with Crippen LogP contribution in [-0.4, -0.2) is 11.7 Å². The van der Waals surface area contributed by atoms with Crippen molar-refractivity contribution in [2.75, 3.05) is 6.61 Å². The number of hydrogen-bond donors (Lipinski definition) is 1. The lowest BCUT2D eigenvalue weighted by molar-refractivity contribution is 0.256.